The van der Waals surface area contributed by atoms with Gasteiger partial charge in [-0.05, 0) is 24.3 Å². The van der Waals surface area contributed by atoms with Gasteiger partial charge in [0.05, 0.1) is 24.7 Å². The molecule has 0 radical (unpaired) electrons. The van der Waals surface area contributed by atoms with Crippen LogP contribution in [0.2, 0.25) is 0 Å². The maximum Gasteiger partial charge on any atom is 0.335 e. The van der Waals surface area contributed by atoms with Crippen molar-refractivity contribution in [3.63, 3.8) is 0 Å². The monoisotopic (exact) mass is 319 g/mol. The number of non-ortho nitro benzene ring substituents is 1. The molecule has 0 aliphatic rings. The van der Waals surface area contributed by atoms with E-state index in [2.05, 4.69) is 0 Å². The average molecular weight is 319 g/mol. The fraction of sp³-hybridized carbons (Fsp3) is 0.133. The second kappa shape index (κ2) is 6.65. The Hall–Kier alpha value is -3.29. The zero-order chi connectivity index (χ0) is 17.0. The minimum absolute atomic E-state index is 0.0188. The number of hydrogen-bond acceptors (Lipinski definition) is 6. The van der Waals surface area contributed by atoms with Gasteiger partial charge < -0.3 is 19.3 Å². The number of rotatable bonds is 6. The van der Waals surface area contributed by atoms with Crippen molar-refractivity contribution in [1.29, 1.82) is 0 Å². The van der Waals surface area contributed by atoms with E-state index in [1.807, 2.05) is 0 Å². The molecule has 0 spiro atoms. The van der Waals surface area contributed by atoms with Crippen molar-refractivity contribution in [2.24, 2.45) is 0 Å². The largest absolute Gasteiger partial charge is 0.493 e. The number of methoxy groups -OCH3 is 2. The van der Waals surface area contributed by atoms with E-state index in [0.717, 1.165) is 0 Å². The van der Waals surface area contributed by atoms with Gasteiger partial charge in [0.2, 0.25) is 5.75 Å². The van der Waals surface area contributed by atoms with Gasteiger partial charge in [-0.1, -0.05) is 0 Å². The highest BCUT2D eigenvalue weighted by Crippen LogP contribution is 2.41. The lowest BCUT2D eigenvalue weighted by Gasteiger charge is -2.14. The molecule has 23 heavy (non-hydrogen) atoms. The van der Waals surface area contributed by atoms with E-state index in [4.69, 9.17) is 19.3 Å². The summed E-state index contributed by atoms with van der Waals surface area (Å²) in [6, 6.07) is 8.02. The molecule has 0 amide bonds. The minimum atomic E-state index is -1.14. The van der Waals surface area contributed by atoms with Gasteiger partial charge in [0.15, 0.2) is 11.5 Å². The SMILES string of the molecule is COc1cc(C(=O)O)cc(OC)c1Oc1ccc([N+](=O)[O-])cc1. The number of hydrogen-bond donors (Lipinski definition) is 1. The van der Waals surface area contributed by atoms with Crippen molar-refractivity contribution in [3.05, 3.63) is 52.1 Å². The Labute approximate surface area is 131 Å². The highest BCUT2D eigenvalue weighted by molar-refractivity contribution is 5.89. The predicted octanol–water partition coefficient (Wildman–Crippen LogP) is 3.10. The van der Waals surface area contributed by atoms with Crippen LogP contribution in [0.5, 0.6) is 23.0 Å². The maximum atomic E-state index is 11.1. The van der Waals surface area contributed by atoms with Crippen LogP contribution in [0, 0.1) is 10.1 Å². The summed E-state index contributed by atoms with van der Waals surface area (Å²) in [6.45, 7) is 0. The second-order valence-electron chi connectivity index (χ2n) is 4.37. The average Bonchev–Trinajstić information content (AvgIpc) is 2.55. The summed E-state index contributed by atoms with van der Waals surface area (Å²) >= 11 is 0. The van der Waals surface area contributed by atoms with Crippen LogP contribution in [0.25, 0.3) is 0 Å². The lowest BCUT2D eigenvalue weighted by Crippen LogP contribution is -2.01. The van der Waals surface area contributed by atoms with Crippen LogP contribution >= 0.6 is 0 Å². The first-order valence-electron chi connectivity index (χ1n) is 6.38. The molecular formula is C15H13NO7. The molecule has 8 heteroatoms. The third-order valence-corrected chi connectivity index (χ3v) is 2.98. The van der Waals surface area contributed by atoms with Gasteiger partial charge in [-0.15, -0.1) is 0 Å². The summed E-state index contributed by atoms with van der Waals surface area (Å²) in [7, 11) is 2.73. The summed E-state index contributed by atoms with van der Waals surface area (Å²) in [5, 5.41) is 19.7. The summed E-state index contributed by atoms with van der Waals surface area (Å²) in [5.41, 5.74) is -0.0905. The van der Waals surface area contributed by atoms with Crippen LogP contribution in [0.4, 0.5) is 5.69 Å². The van der Waals surface area contributed by atoms with Crippen LogP contribution in [0.15, 0.2) is 36.4 Å². The molecule has 2 aromatic rings. The quantitative estimate of drug-likeness (QED) is 0.643. The molecule has 0 unspecified atom stereocenters. The number of nitro benzene ring substituents is 1. The number of benzene rings is 2. The molecule has 0 aliphatic heterocycles. The first kappa shape index (κ1) is 16.1. The molecule has 0 aliphatic carbocycles. The van der Waals surface area contributed by atoms with Crippen molar-refractivity contribution in [3.8, 4) is 23.0 Å². The number of aromatic carboxylic acids is 1. The van der Waals surface area contributed by atoms with Crippen molar-refractivity contribution >= 4 is 11.7 Å². The molecule has 1 N–H and O–H groups in total. The lowest BCUT2D eigenvalue weighted by molar-refractivity contribution is -0.384. The highest BCUT2D eigenvalue weighted by Gasteiger charge is 2.18. The third kappa shape index (κ3) is 3.49. The van der Waals surface area contributed by atoms with Gasteiger partial charge in [0.1, 0.15) is 5.75 Å². The Bertz CT molecular complexity index is 715. The predicted molar refractivity (Wildman–Crippen MR) is 79.7 cm³/mol. The van der Waals surface area contributed by atoms with Crippen molar-refractivity contribution in [2.75, 3.05) is 14.2 Å². The molecule has 0 fully saturated rings. The molecule has 0 saturated carbocycles. The lowest BCUT2D eigenvalue weighted by atomic mass is 10.2. The number of carboxylic acid groups (broad SMARTS) is 1. The van der Waals surface area contributed by atoms with E-state index >= 15 is 0 Å². The molecule has 120 valence electrons. The van der Waals surface area contributed by atoms with Gasteiger partial charge in [-0.25, -0.2) is 4.79 Å². The summed E-state index contributed by atoms with van der Waals surface area (Å²) in [4.78, 5) is 21.2. The van der Waals surface area contributed by atoms with Gasteiger partial charge >= 0.3 is 5.97 Å². The van der Waals surface area contributed by atoms with E-state index in [0.29, 0.717) is 5.75 Å². The first-order chi connectivity index (χ1) is 11.0. The highest BCUT2D eigenvalue weighted by atomic mass is 16.6. The van der Waals surface area contributed by atoms with Gasteiger partial charge in [-0.3, -0.25) is 10.1 Å². The fourth-order valence-electron chi connectivity index (χ4n) is 1.86. The van der Waals surface area contributed by atoms with E-state index in [1.54, 1.807) is 0 Å². The van der Waals surface area contributed by atoms with Gasteiger partial charge in [0, 0.05) is 12.1 Å². The normalized spacial score (nSPS) is 10.0. The Kier molecular flexibility index (Phi) is 4.65. The summed E-state index contributed by atoms with van der Waals surface area (Å²) in [6.07, 6.45) is 0. The first-order valence-corrected chi connectivity index (χ1v) is 6.38. The van der Waals surface area contributed by atoms with E-state index in [9.17, 15) is 14.9 Å². The smallest absolute Gasteiger partial charge is 0.335 e. The molecule has 0 atom stereocenters. The number of nitrogens with zero attached hydrogens (tertiary/aromatic N) is 1. The number of ether oxygens (including phenoxy) is 3. The van der Waals surface area contributed by atoms with Crippen LogP contribution in [-0.2, 0) is 0 Å². The van der Waals surface area contributed by atoms with Crippen LogP contribution in [0.1, 0.15) is 10.4 Å². The number of carboxylic acids is 1. The third-order valence-electron chi connectivity index (χ3n) is 2.98. The zero-order valence-corrected chi connectivity index (χ0v) is 12.3. The fourth-order valence-corrected chi connectivity index (χ4v) is 1.86. The molecule has 2 aromatic carbocycles. The van der Waals surface area contributed by atoms with E-state index in [1.165, 1.54) is 50.6 Å². The van der Waals surface area contributed by atoms with Crippen molar-refractivity contribution < 1.29 is 29.0 Å². The molecule has 0 bridgehead atoms. The second-order valence-corrected chi connectivity index (χ2v) is 4.37. The number of carbonyl (C=O) groups is 1. The molecule has 0 saturated heterocycles. The van der Waals surface area contributed by atoms with E-state index in [-0.39, 0.29) is 28.5 Å². The Morgan fingerprint density at radius 1 is 1.09 bits per heavy atom. The van der Waals surface area contributed by atoms with Crippen LogP contribution in [0.3, 0.4) is 0 Å². The minimum Gasteiger partial charge on any atom is -0.493 e. The molecular weight excluding hydrogens is 306 g/mol. The maximum absolute atomic E-state index is 11.1. The number of nitro groups is 1. The zero-order valence-electron chi connectivity index (χ0n) is 12.3. The van der Waals surface area contributed by atoms with Gasteiger partial charge in [0.25, 0.3) is 5.69 Å². The molecule has 0 aromatic heterocycles. The molecule has 2 rings (SSSR count). The standard InChI is InChI=1S/C15H13NO7/c1-21-12-7-9(15(17)18)8-13(22-2)14(12)23-11-5-3-10(4-6-11)16(19)20/h3-8H,1-2H3,(H,17,18). The summed E-state index contributed by atoms with van der Waals surface area (Å²) < 4.78 is 15.9. The van der Waals surface area contributed by atoms with Crippen LogP contribution in [-0.4, -0.2) is 30.2 Å². The topological polar surface area (TPSA) is 108 Å². The van der Waals surface area contributed by atoms with Crippen molar-refractivity contribution in [1.82, 2.24) is 0 Å². The molecule has 8 nitrogen and oxygen atoms in total. The van der Waals surface area contributed by atoms with E-state index < -0.39 is 10.9 Å². The van der Waals surface area contributed by atoms with Gasteiger partial charge in [-0.2, -0.15) is 0 Å². The summed E-state index contributed by atoms with van der Waals surface area (Å²) in [5.74, 6) is -0.312. The van der Waals surface area contributed by atoms with Crippen molar-refractivity contribution in [2.45, 2.75) is 0 Å². The molecule has 0 heterocycles. The van der Waals surface area contributed by atoms with Crippen LogP contribution < -0.4 is 14.2 Å². The Balaban J connectivity index is 2.41. The Morgan fingerprint density at radius 3 is 2.00 bits per heavy atom. The Morgan fingerprint density at radius 2 is 1.61 bits per heavy atom.